The second-order valence-electron chi connectivity index (χ2n) is 4.75. The van der Waals surface area contributed by atoms with Gasteiger partial charge in [-0.2, -0.15) is 0 Å². The van der Waals surface area contributed by atoms with E-state index in [-0.39, 0.29) is 18.4 Å². The van der Waals surface area contributed by atoms with Crippen molar-refractivity contribution < 1.29 is 10.2 Å². The van der Waals surface area contributed by atoms with Crippen LogP contribution in [0.2, 0.25) is 0 Å². The standard InChI is InChI=1S/C13H21N3O2/c1-9-13(18)12(11(8-17)7-15-9)10(2)16-5-3-14-4-6-16/h7,10,14,17-18H,3-6,8H2,1-2H3/t10-/m0/s1. The number of piperazine rings is 1. The highest BCUT2D eigenvalue weighted by Gasteiger charge is 2.24. The number of aromatic nitrogens is 1. The second kappa shape index (κ2) is 5.65. The van der Waals surface area contributed by atoms with Crippen LogP contribution < -0.4 is 5.32 Å². The van der Waals surface area contributed by atoms with E-state index in [9.17, 15) is 10.2 Å². The Bertz CT molecular complexity index is 417. The lowest BCUT2D eigenvalue weighted by Crippen LogP contribution is -2.44. The van der Waals surface area contributed by atoms with Gasteiger partial charge in [0.1, 0.15) is 5.75 Å². The van der Waals surface area contributed by atoms with Gasteiger partial charge in [-0.3, -0.25) is 9.88 Å². The van der Waals surface area contributed by atoms with Gasteiger partial charge in [-0.15, -0.1) is 0 Å². The molecular formula is C13H21N3O2. The summed E-state index contributed by atoms with van der Waals surface area (Å²) in [4.78, 5) is 6.41. The van der Waals surface area contributed by atoms with Crippen LogP contribution in [0.25, 0.3) is 0 Å². The predicted octanol–water partition coefficient (Wildman–Crippen LogP) is 0.554. The van der Waals surface area contributed by atoms with Gasteiger partial charge in [0.05, 0.1) is 12.3 Å². The van der Waals surface area contributed by atoms with Gasteiger partial charge in [0.25, 0.3) is 0 Å². The molecule has 0 unspecified atom stereocenters. The molecule has 0 saturated carbocycles. The highest BCUT2D eigenvalue weighted by atomic mass is 16.3. The number of nitrogens with zero attached hydrogens (tertiary/aromatic N) is 2. The van der Waals surface area contributed by atoms with Gasteiger partial charge in [0, 0.05) is 49.5 Å². The van der Waals surface area contributed by atoms with Crippen molar-refractivity contribution >= 4 is 0 Å². The summed E-state index contributed by atoms with van der Waals surface area (Å²) in [5.74, 6) is 0.215. The van der Waals surface area contributed by atoms with Crippen molar-refractivity contribution in [3.8, 4) is 5.75 Å². The average Bonchev–Trinajstić information content (AvgIpc) is 2.42. The first-order valence-electron chi connectivity index (χ1n) is 6.38. The number of nitrogens with one attached hydrogen (secondary N) is 1. The average molecular weight is 251 g/mol. The number of aliphatic hydroxyl groups excluding tert-OH is 1. The maximum absolute atomic E-state index is 10.2. The Kier molecular flexibility index (Phi) is 4.16. The van der Waals surface area contributed by atoms with Gasteiger partial charge >= 0.3 is 0 Å². The first kappa shape index (κ1) is 13.3. The van der Waals surface area contributed by atoms with Gasteiger partial charge in [-0.25, -0.2) is 0 Å². The highest BCUT2D eigenvalue weighted by Crippen LogP contribution is 2.33. The molecule has 2 rings (SSSR count). The quantitative estimate of drug-likeness (QED) is 0.732. The Morgan fingerprint density at radius 3 is 2.72 bits per heavy atom. The molecule has 0 aromatic carbocycles. The Morgan fingerprint density at radius 1 is 1.44 bits per heavy atom. The van der Waals surface area contributed by atoms with E-state index in [1.165, 1.54) is 0 Å². The molecule has 2 heterocycles. The zero-order valence-corrected chi connectivity index (χ0v) is 11.0. The zero-order valence-electron chi connectivity index (χ0n) is 11.0. The van der Waals surface area contributed by atoms with E-state index in [2.05, 4.69) is 22.1 Å². The predicted molar refractivity (Wildman–Crippen MR) is 69.4 cm³/mol. The van der Waals surface area contributed by atoms with Crippen LogP contribution in [0.4, 0.5) is 0 Å². The molecular weight excluding hydrogens is 230 g/mol. The molecule has 1 atom stereocenters. The van der Waals surface area contributed by atoms with Crippen LogP contribution in [-0.2, 0) is 6.61 Å². The zero-order chi connectivity index (χ0) is 13.1. The van der Waals surface area contributed by atoms with Crippen molar-refractivity contribution in [1.29, 1.82) is 0 Å². The number of hydrogen-bond donors (Lipinski definition) is 3. The highest BCUT2D eigenvalue weighted by molar-refractivity contribution is 5.42. The van der Waals surface area contributed by atoms with Gasteiger partial charge in [0.15, 0.2) is 0 Å². The Labute approximate surface area is 107 Å². The summed E-state index contributed by atoms with van der Waals surface area (Å²) in [5, 5.41) is 22.9. The SMILES string of the molecule is Cc1ncc(CO)c([C@H](C)N2CCNCC2)c1O. The molecule has 1 aliphatic heterocycles. The molecule has 1 aliphatic rings. The van der Waals surface area contributed by atoms with Gasteiger partial charge < -0.3 is 15.5 Å². The smallest absolute Gasteiger partial charge is 0.141 e. The molecule has 0 amide bonds. The third-order valence-electron chi connectivity index (χ3n) is 3.65. The summed E-state index contributed by atoms with van der Waals surface area (Å²) in [6.45, 7) is 7.59. The van der Waals surface area contributed by atoms with E-state index in [0.29, 0.717) is 11.3 Å². The summed E-state index contributed by atoms with van der Waals surface area (Å²) in [7, 11) is 0. The molecule has 5 heteroatoms. The molecule has 0 radical (unpaired) electrons. The van der Waals surface area contributed by atoms with Crippen LogP contribution in [-0.4, -0.2) is 46.3 Å². The maximum Gasteiger partial charge on any atom is 0.141 e. The molecule has 1 saturated heterocycles. The molecule has 0 aliphatic carbocycles. The minimum absolute atomic E-state index is 0.0907. The summed E-state index contributed by atoms with van der Waals surface area (Å²) >= 11 is 0. The van der Waals surface area contributed by atoms with Gasteiger partial charge in [-0.1, -0.05) is 0 Å². The third-order valence-corrected chi connectivity index (χ3v) is 3.65. The normalized spacial score (nSPS) is 18.8. The molecule has 1 aromatic heterocycles. The molecule has 0 bridgehead atoms. The van der Waals surface area contributed by atoms with Gasteiger partial charge in [0.2, 0.25) is 0 Å². The summed E-state index contributed by atoms with van der Waals surface area (Å²) in [6, 6.07) is 0.0935. The molecule has 18 heavy (non-hydrogen) atoms. The topological polar surface area (TPSA) is 68.6 Å². The van der Waals surface area contributed by atoms with E-state index < -0.39 is 0 Å². The van der Waals surface area contributed by atoms with Crippen molar-refractivity contribution in [2.45, 2.75) is 26.5 Å². The van der Waals surface area contributed by atoms with Crippen molar-refractivity contribution in [2.24, 2.45) is 0 Å². The molecule has 5 nitrogen and oxygen atoms in total. The largest absolute Gasteiger partial charge is 0.506 e. The number of rotatable bonds is 3. The first-order valence-corrected chi connectivity index (χ1v) is 6.38. The van der Waals surface area contributed by atoms with Crippen LogP contribution in [0.1, 0.15) is 29.8 Å². The van der Waals surface area contributed by atoms with Crippen LogP contribution in [0.15, 0.2) is 6.20 Å². The lowest BCUT2D eigenvalue weighted by atomic mass is 9.99. The third kappa shape index (κ3) is 2.48. The lowest BCUT2D eigenvalue weighted by Gasteiger charge is -2.34. The van der Waals surface area contributed by atoms with E-state index in [4.69, 9.17) is 0 Å². The molecule has 3 N–H and O–H groups in total. The minimum atomic E-state index is -0.0907. The van der Waals surface area contributed by atoms with Crippen molar-refractivity contribution in [3.63, 3.8) is 0 Å². The molecule has 0 spiro atoms. The van der Waals surface area contributed by atoms with Crippen LogP contribution >= 0.6 is 0 Å². The van der Waals surface area contributed by atoms with E-state index in [1.807, 2.05) is 0 Å². The summed E-state index contributed by atoms with van der Waals surface area (Å²) < 4.78 is 0. The molecule has 1 aromatic rings. The molecule has 100 valence electrons. The summed E-state index contributed by atoms with van der Waals surface area (Å²) in [6.07, 6.45) is 1.66. The van der Waals surface area contributed by atoms with E-state index >= 15 is 0 Å². The Hall–Kier alpha value is -1.17. The number of aliphatic hydroxyl groups is 1. The van der Waals surface area contributed by atoms with Crippen molar-refractivity contribution in [2.75, 3.05) is 26.2 Å². The van der Waals surface area contributed by atoms with Crippen molar-refractivity contribution in [1.82, 2.24) is 15.2 Å². The van der Waals surface area contributed by atoms with Crippen molar-refractivity contribution in [3.05, 3.63) is 23.0 Å². The van der Waals surface area contributed by atoms with Gasteiger partial charge in [-0.05, 0) is 13.8 Å². The first-order chi connectivity index (χ1) is 8.65. The fourth-order valence-corrected chi connectivity index (χ4v) is 2.50. The number of pyridine rings is 1. The number of hydrogen-bond acceptors (Lipinski definition) is 5. The number of aryl methyl sites for hydroxylation is 1. The fourth-order valence-electron chi connectivity index (χ4n) is 2.50. The van der Waals surface area contributed by atoms with Crippen LogP contribution in [0, 0.1) is 6.92 Å². The van der Waals surface area contributed by atoms with E-state index in [1.54, 1.807) is 13.1 Å². The lowest BCUT2D eigenvalue weighted by molar-refractivity contribution is 0.179. The minimum Gasteiger partial charge on any atom is -0.506 e. The maximum atomic E-state index is 10.2. The van der Waals surface area contributed by atoms with Crippen LogP contribution in [0.5, 0.6) is 5.75 Å². The Morgan fingerprint density at radius 2 is 2.11 bits per heavy atom. The second-order valence-corrected chi connectivity index (χ2v) is 4.75. The monoisotopic (exact) mass is 251 g/mol. The number of aromatic hydroxyl groups is 1. The van der Waals surface area contributed by atoms with Crippen LogP contribution in [0.3, 0.4) is 0 Å². The van der Waals surface area contributed by atoms with E-state index in [0.717, 1.165) is 31.7 Å². The Balaban J connectivity index is 2.32. The fraction of sp³-hybridized carbons (Fsp3) is 0.615. The molecule has 1 fully saturated rings. The summed E-state index contributed by atoms with van der Waals surface area (Å²) in [5.41, 5.74) is 2.14.